The van der Waals surface area contributed by atoms with Gasteiger partial charge in [0.05, 0.1) is 6.10 Å². The average Bonchev–Trinajstić information content (AvgIpc) is 2.38. The van der Waals surface area contributed by atoms with Crippen molar-refractivity contribution in [1.82, 2.24) is 0 Å². The van der Waals surface area contributed by atoms with E-state index in [1.54, 1.807) is 6.92 Å². The van der Waals surface area contributed by atoms with E-state index in [0.717, 1.165) is 16.7 Å². The van der Waals surface area contributed by atoms with Crippen LogP contribution in [0.2, 0.25) is 5.02 Å². The maximum Gasteiger partial charge on any atom is 0.0767 e. The first-order chi connectivity index (χ1) is 8.66. The molecule has 0 radical (unpaired) electrons. The maximum absolute atomic E-state index is 9.89. The van der Waals surface area contributed by atoms with E-state index in [1.807, 2.05) is 60.7 Å². The number of hydrogen-bond donors (Lipinski definition) is 1. The van der Waals surface area contributed by atoms with Gasteiger partial charge in [0.1, 0.15) is 0 Å². The van der Waals surface area contributed by atoms with Crippen LogP contribution < -0.4 is 0 Å². The first kappa shape index (κ1) is 12.9. The van der Waals surface area contributed by atoms with Crippen LogP contribution in [-0.4, -0.2) is 11.2 Å². The minimum absolute atomic E-state index is 0.511. The van der Waals surface area contributed by atoms with Gasteiger partial charge in [-0.3, -0.25) is 0 Å². The van der Waals surface area contributed by atoms with E-state index in [4.69, 9.17) is 11.6 Å². The minimum atomic E-state index is -0.511. The molecule has 2 aromatic rings. The molecule has 0 unspecified atom stereocenters. The third kappa shape index (κ3) is 3.22. The Labute approximate surface area is 112 Å². The molecule has 0 aliphatic heterocycles. The molecular weight excluding hydrogens is 244 g/mol. The van der Waals surface area contributed by atoms with E-state index in [2.05, 4.69) is 0 Å². The molecule has 0 amide bonds. The van der Waals surface area contributed by atoms with Gasteiger partial charge in [0.2, 0.25) is 0 Å². The van der Waals surface area contributed by atoms with Gasteiger partial charge < -0.3 is 5.11 Å². The third-order valence-electron chi connectivity index (χ3n) is 2.75. The van der Waals surface area contributed by atoms with E-state index in [-0.39, 0.29) is 0 Å². The number of aliphatic hydroxyl groups excluding tert-OH is 1. The van der Waals surface area contributed by atoms with Crippen LogP contribution in [0, 0.1) is 0 Å². The van der Waals surface area contributed by atoms with Crippen molar-refractivity contribution in [3.8, 4) is 0 Å². The Morgan fingerprint density at radius 2 is 1.67 bits per heavy atom. The van der Waals surface area contributed by atoms with Gasteiger partial charge in [-0.25, -0.2) is 0 Å². The predicted octanol–water partition coefficient (Wildman–Crippen LogP) is 4.26. The molecular formula is C16H15ClO. The molecule has 2 rings (SSSR count). The number of hydrogen-bond acceptors (Lipinski definition) is 1. The normalized spacial score (nSPS) is 13.4. The second-order valence-electron chi connectivity index (χ2n) is 4.19. The molecule has 0 aliphatic carbocycles. The van der Waals surface area contributed by atoms with E-state index in [9.17, 15) is 5.11 Å². The molecule has 0 aromatic heterocycles. The summed E-state index contributed by atoms with van der Waals surface area (Å²) in [4.78, 5) is 0. The van der Waals surface area contributed by atoms with Crippen LogP contribution >= 0.6 is 11.6 Å². The minimum Gasteiger partial charge on any atom is -0.389 e. The summed E-state index contributed by atoms with van der Waals surface area (Å²) in [5, 5.41) is 10.6. The monoisotopic (exact) mass is 258 g/mol. The highest BCUT2D eigenvalue weighted by atomic mass is 35.5. The zero-order valence-corrected chi connectivity index (χ0v) is 10.9. The quantitative estimate of drug-likeness (QED) is 0.816. The predicted molar refractivity (Wildman–Crippen MR) is 77.4 cm³/mol. The van der Waals surface area contributed by atoms with Crippen LogP contribution in [0.5, 0.6) is 0 Å². The number of benzene rings is 2. The highest BCUT2D eigenvalue weighted by Crippen LogP contribution is 2.22. The maximum atomic E-state index is 9.89. The van der Waals surface area contributed by atoms with Crippen LogP contribution in [0.25, 0.3) is 11.6 Å². The fraction of sp³-hybridized carbons (Fsp3) is 0.125. The van der Waals surface area contributed by atoms with E-state index in [1.165, 1.54) is 0 Å². The summed E-state index contributed by atoms with van der Waals surface area (Å²) in [6.07, 6.45) is 1.47. The number of rotatable bonds is 3. The van der Waals surface area contributed by atoms with Gasteiger partial charge in [-0.15, -0.1) is 0 Å². The summed E-state index contributed by atoms with van der Waals surface area (Å²) in [7, 11) is 0. The van der Waals surface area contributed by atoms with E-state index in [0.29, 0.717) is 5.02 Å². The van der Waals surface area contributed by atoms with Crippen molar-refractivity contribution in [2.24, 2.45) is 0 Å². The third-order valence-corrected chi connectivity index (χ3v) is 3.00. The zero-order chi connectivity index (χ0) is 13.0. The summed E-state index contributed by atoms with van der Waals surface area (Å²) in [6.45, 7) is 1.77. The van der Waals surface area contributed by atoms with E-state index < -0.39 is 6.10 Å². The lowest BCUT2D eigenvalue weighted by molar-refractivity contribution is 0.254. The van der Waals surface area contributed by atoms with Crippen LogP contribution in [0.1, 0.15) is 18.1 Å². The summed E-state index contributed by atoms with van der Waals surface area (Å²) in [6, 6.07) is 17.5. The molecule has 1 nitrogen and oxygen atoms in total. The molecule has 92 valence electrons. The lowest BCUT2D eigenvalue weighted by Crippen LogP contribution is -2.03. The topological polar surface area (TPSA) is 20.2 Å². The Bertz CT molecular complexity index is 527. The van der Waals surface area contributed by atoms with Crippen LogP contribution in [0.4, 0.5) is 0 Å². The van der Waals surface area contributed by atoms with Gasteiger partial charge >= 0.3 is 0 Å². The zero-order valence-electron chi connectivity index (χ0n) is 10.2. The van der Waals surface area contributed by atoms with Crippen LogP contribution in [0.15, 0.2) is 54.6 Å². The number of halogens is 1. The molecule has 0 spiro atoms. The Balaban J connectivity index is 2.39. The second kappa shape index (κ2) is 5.85. The lowest BCUT2D eigenvalue weighted by atomic mass is 9.99. The highest BCUT2D eigenvalue weighted by Gasteiger charge is 2.07. The van der Waals surface area contributed by atoms with Crippen LogP contribution in [0.3, 0.4) is 0 Å². The largest absolute Gasteiger partial charge is 0.389 e. The second-order valence-corrected chi connectivity index (χ2v) is 4.63. The van der Waals surface area contributed by atoms with Crippen molar-refractivity contribution >= 4 is 23.3 Å². The smallest absolute Gasteiger partial charge is 0.0767 e. The average molecular weight is 259 g/mol. The van der Waals surface area contributed by atoms with Gasteiger partial charge in [-0.2, -0.15) is 0 Å². The first-order valence-electron chi connectivity index (χ1n) is 5.87. The van der Waals surface area contributed by atoms with Gasteiger partial charge in [0.25, 0.3) is 0 Å². The Hall–Kier alpha value is -1.57. The lowest BCUT2D eigenvalue weighted by Gasteiger charge is -2.11. The summed E-state index contributed by atoms with van der Waals surface area (Å²) < 4.78 is 0. The molecule has 0 aliphatic rings. The fourth-order valence-electron chi connectivity index (χ4n) is 1.81. The fourth-order valence-corrected chi connectivity index (χ4v) is 1.94. The van der Waals surface area contributed by atoms with Crippen molar-refractivity contribution in [3.05, 3.63) is 70.7 Å². The molecule has 2 aromatic carbocycles. The van der Waals surface area contributed by atoms with Crippen molar-refractivity contribution < 1.29 is 5.11 Å². The molecule has 1 atom stereocenters. The van der Waals surface area contributed by atoms with Crippen molar-refractivity contribution in [1.29, 1.82) is 0 Å². The van der Waals surface area contributed by atoms with Gasteiger partial charge in [0, 0.05) is 5.02 Å². The number of aliphatic hydroxyl groups is 1. The molecule has 0 saturated carbocycles. The van der Waals surface area contributed by atoms with Gasteiger partial charge in [0.15, 0.2) is 0 Å². The molecule has 2 heteroatoms. The molecule has 0 fully saturated rings. The van der Waals surface area contributed by atoms with Crippen molar-refractivity contribution in [2.75, 3.05) is 0 Å². The molecule has 18 heavy (non-hydrogen) atoms. The van der Waals surface area contributed by atoms with Gasteiger partial charge in [-0.05, 0) is 41.8 Å². The summed E-state index contributed by atoms with van der Waals surface area (Å²) in [5.74, 6) is 0. The molecule has 1 N–H and O–H groups in total. The standard InChI is InChI=1S/C16H15ClO/c1-12(18)16(14-5-3-2-4-6-14)11-13-7-9-15(17)10-8-13/h2-12,18H,1H3/b16-11+/t12-/m1/s1. The first-order valence-corrected chi connectivity index (χ1v) is 6.25. The molecule has 0 heterocycles. The van der Waals surface area contributed by atoms with Gasteiger partial charge in [-0.1, -0.05) is 54.1 Å². The van der Waals surface area contributed by atoms with E-state index >= 15 is 0 Å². The summed E-state index contributed by atoms with van der Waals surface area (Å²) in [5.41, 5.74) is 2.96. The Morgan fingerprint density at radius 3 is 2.22 bits per heavy atom. The highest BCUT2D eigenvalue weighted by molar-refractivity contribution is 6.30. The van der Waals surface area contributed by atoms with Crippen molar-refractivity contribution in [3.63, 3.8) is 0 Å². The summed E-state index contributed by atoms with van der Waals surface area (Å²) >= 11 is 5.86. The Morgan fingerprint density at radius 1 is 1.06 bits per heavy atom. The van der Waals surface area contributed by atoms with Crippen molar-refractivity contribution in [2.45, 2.75) is 13.0 Å². The Kier molecular flexibility index (Phi) is 4.19. The van der Waals surface area contributed by atoms with Crippen LogP contribution in [-0.2, 0) is 0 Å². The molecule has 0 bridgehead atoms. The SMILES string of the molecule is C[C@@H](O)/C(=C\c1ccc(Cl)cc1)c1ccccc1. The molecule has 0 saturated heterocycles.